The number of hydrogen-bond acceptors (Lipinski definition) is 3. The second-order valence-electron chi connectivity index (χ2n) is 4.42. The van der Waals surface area contributed by atoms with E-state index in [1.54, 1.807) is 11.0 Å². The summed E-state index contributed by atoms with van der Waals surface area (Å²) in [5.74, 6) is -1.04. The van der Waals surface area contributed by atoms with Gasteiger partial charge in [-0.05, 0) is 24.6 Å². The van der Waals surface area contributed by atoms with Crippen molar-refractivity contribution in [1.29, 1.82) is 0 Å². The van der Waals surface area contributed by atoms with Crippen LogP contribution in [0, 0.1) is 0 Å². The lowest BCUT2D eigenvalue weighted by Crippen LogP contribution is -2.36. The van der Waals surface area contributed by atoms with Crippen molar-refractivity contribution in [2.45, 2.75) is 6.42 Å². The zero-order chi connectivity index (χ0) is 14.5. The number of carboxylic acid groups (broad SMARTS) is 1. The quantitative estimate of drug-likeness (QED) is 0.864. The van der Waals surface area contributed by atoms with Gasteiger partial charge in [-0.3, -0.25) is 0 Å². The number of nitrogens with zero attached hydrogens (tertiary/aromatic N) is 1. The van der Waals surface area contributed by atoms with E-state index in [-0.39, 0.29) is 11.6 Å². The van der Waals surface area contributed by atoms with Crippen LogP contribution in [0.2, 0.25) is 0 Å². The molecule has 1 aliphatic rings. The van der Waals surface area contributed by atoms with Crippen LogP contribution in [0.15, 0.2) is 22.7 Å². The minimum Gasteiger partial charge on any atom is -0.478 e. The molecule has 2 rings (SSSR count). The van der Waals surface area contributed by atoms with Crippen molar-refractivity contribution < 1.29 is 19.4 Å². The first kappa shape index (κ1) is 14.8. The standard InChI is InChI=1S/C13H15BrN2O4/c14-10-6-9(12(17)18)7-11(8-10)15-13(19)16-2-1-4-20-5-3-16/h6-8H,1-5H2,(H,15,19)(H,17,18). The number of ether oxygens (including phenoxy) is 1. The van der Waals surface area contributed by atoms with Crippen LogP contribution in [-0.2, 0) is 4.74 Å². The van der Waals surface area contributed by atoms with Crippen molar-refractivity contribution in [1.82, 2.24) is 4.90 Å². The molecule has 0 saturated carbocycles. The van der Waals surface area contributed by atoms with Crippen molar-refractivity contribution in [3.63, 3.8) is 0 Å². The molecule has 0 unspecified atom stereocenters. The zero-order valence-corrected chi connectivity index (χ0v) is 12.4. The molecule has 0 bridgehead atoms. The van der Waals surface area contributed by atoms with Crippen molar-refractivity contribution in [2.24, 2.45) is 0 Å². The number of carbonyl (C=O) groups excluding carboxylic acids is 1. The van der Waals surface area contributed by atoms with Crippen LogP contribution >= 0.6 is 15.9 Å². The summed E-state index contributed by atoms with van der Waals surface area (Å²) in [6.45, 7) is 2.34. The van der Waals surface area contributed by atoms with Crippen molar-refractivity contribution in [3.8, 4) is 0 Å². The average Bonchev–Trinajstić information content (AvgIpc) is 2.66. The fraction of sp³-hybridized carbons (Fsp3) is 0.385. The summed E-state index contributed by atoms with van der Waals surface area (Å²) < 4.78 is 5.89. The van der Waals surface area contributed by atoms with Crippen molar-refractivity contribution in [3.05, 3.63) is 28.2 Å². The molecule has 20 heavy (non-hydrogen) atoms. The Morgan fingerprint density at radius 1 is 1.25 bits per heavy atom. The Labute approximate surface area is 124 Å². The van der Waals surface area contributed by atoms with E-state index in [0.717, 1.165) is 6.42 Å². The molecule has 6 nitrogen and oxygen atoms in total. The summed E-state index contributed by atoms with van der Waals surface area (Å²) in [6, 6.07) is 4.33. The number of aromatic carboxylic acids is 1. The minimum atomic E-state index is -1.04. The number of urea groups is 1. The number of halogens is 1. The van der Waals surface area contributed by atoms with E-state index in [2.05, 4.69) is 21.2 Å². The van der Waals surface area contributed by atoms with E-state index in [4.69, 9.17) is 9.84 Å². The van der Waals surface area contributed by atoms with Crippen LogP contribution in [0.25, 0.3) is 0 Å². The molecule has 1 aromatic rings. The molecule has 0 aromatic heterocycles. The molecule has 2 amide bonds. The molecule has 108 valence electrons. The van der Waals surface area contributed by atoms with E-state index < -0.39 is 5.97 Å². The highest BCUT2D eigenvalue weighted by molar-refractivity contribution is 9.10. The van der Waals surface area contributed by atoms with Gasteiger partial charge in [-0.25, -0.2) is 9.59 Å². The third-order valence-corrected chi connectivity index (χ3v) is 3.36. The molecule has 0 aliphatic carbocycles. The Kier molecular flexibility index (Phi) is 4.97. The first-order valence-corrected chi connectivity index (χ1v) is 7.03. The van der Waals surface area contributed by atoms with Crippen LogP contribution in [0.4, 0.5) is 10.5 Å². The van der Waals surface area contributed by atoms with Crippen molar-refractivity contribution in [2.75, 3.05) is 31.6 Å². The Morgan fingerprint density at radius 2 is 2.05 bits per heavy atom. The lowest BCUT2D eigenvalue weighted by Gasteiger charge is -2.20. The second kappa shape index (κ2) is 6.71. The molecule has 2 N–H and O–H groups in total. The smallest absolute Gasteiger partial charge is 0.335 e. The molecule has 1 aliphatic heterocycles. The second-order valence-corrected chi connectivity index (χ2v) is 5.33. The Hall–Kier alpha value is -1.60. The van der Waals surface area contributed by atoms with Gasteiger partial charge in [0.2, 0.25) is 0 Å². The van der Waals surface area contributed by atoms with Gasteiger partial charge in [0.25, 0.3) is 0 Å². The Morgan fingerprint density at radius 3 is 2.80 bits per heavy atom. The maximum atomic E-state index is 12.1. The number of carbonyl (C=O) groups is 2. The van der Waals surface area contributed by atoms with Crippen molar-refractivity contribution >= 4 is 33.6 Å². The number of benzene rings is 1. The van der Waals surface area contributed by atoms with E-state index in [9.17, 15) is 9.59 Å². The highest BCUT2D eigenvalue weighted by Gasteiger charge is 2.16. The van der Waals surface area contributed by atoms with Gasteiger partial charge in [0.15, 0.2) is 0 Å². The van der Waals surface area contributed by atoms with E-state index in [0.29, 0.717) is 36.5 Å². The van der Waals surface area contributed by atoms with E-state index in [1.165, 1.54) is 12.1 Å². The van der Waals surface area contributed by atoms with Gasteiger partial charge in [-0.1, -0.05) is 15.9 Å². The molecule has 0 radical (unpaired) electrons. The maximum absolute atomic E-state index is 12.1. The van der Waals surface area contributed by atoms with Gasteiger partial charge in [0.05, 0.1) is 12.2 Å². The van der Waals surface area contributed by atoms with Gasteiger partial charge in [0.1, 0.15) is 0 Å². The zero-order valence-electron chi connectivity index (χ0n) is 10.8. The summed E-state index contributed by atoms with van der Waals surface area (Å²) in [6.07, 6.45) is 0.798. The predicted octanol–water partition coefficient (Wildman–Crippen LogP) is 2.40. The third kappa shape index (κ3) is 3.94. The van der Waals surface area contributed by atoms with Gasteiger partial charge in [-0.2, -0.15) is 0 Å². The van der Waals surface area contributed by atoms with E-state index in [1.807, 2.05) is 0 Å². The minimum absolute atomic E-state index is 0.119. The van der Waals surface area contributed by atoms with E-state index >= 15 is 0 Å². The fourth-order valence-electron chi connectivity index (χ4n) is 1.94. The number of carboxylic acids is 1. The molecule has 7 heteroatoms. The number of rotatable bonds is 2. The van der Waals surface area contributed by atoms with Crippen LogP contribution in [0.3, 0.4) is 0 Å². The fourth-order valence-corrected chi connectivity index (χ4v) is 2.43. The van der Waals surface area contributed by atoms with Gasteiger partial charge < -0.3 is 20.1 Å². The summed E-state index contributed by atoms with van der Waals surface area (Å²) in [5, 5.41) is 11.7. The lowest BCUT2D eigenvalue weighted by molar-refractivity contribution is 0.0696. The first-order chi connectivity index (χ1) is 9.56. The molecule has 0 atom stereocenters. The molecule has 1 saturated heterocycles. The maximum Gasteiger partial charge on any atom is 0.335 e. The van der Waals surface area contributed by atoms with Gasteiger partial charge in [0, 0.05) is 29.9 Å². The number of hydrogen-bond donors (Lipinski definition) is 2. The summed E-state index contributed by atoms with van der Waals surface area (Å²) in [4.78, 5) is 24.7. The van der Waals surface area contributed by atoms with Gasteiger partial charge in [-0.15, -0.1) is 0 Å². The topological polar surface area (TPSA) is 78.9 Å². The summed E-state index contributed by atoms with van der Waals surface area (Å²) in [5.41, 5.74) is 0.570. The molecular formula is C13H15BrN2O4. The molecular weight excluding hydrogens is 328 g/mol. The SMILES string of the molecule is O=C(O)c1cc(Br)cc(NC(=O)N2CCCOCC2)c1. The molecule has 1 aromatic carbocycles. The monoisotopic (exact) mass is 342 g/mol. The summed E-state index contributed by atoms with van der Waals surface area (Å²) >= 11 is 3.23. The highest BCUT2D eigenvalue weighted by atomic mass is 79.9. The average molecular weight is 343 g/mol. The van der Waals surface area contributed by atoms with Crippen LogP contribution in [0.5, 0.6) is 0 Å². The highest BCUT2D eigenvalue weighted by Crippen LogP contribution is 2.20. The number of anilines is 1. The normalized spacial score (nSPS) is 15.6. The van der Waals surface area contributed by atoms with Crippen LogP contribution in [0.1, 0.15) is 16.8 Å². The third-order valence-electron chi connectivity index (χ3n) is 2.91. The lowest BCUT2D eigenvalue weighted by atomic mass is 10.2. The number of amides is 2. The Balaban J connectivity index is 2.08. The summed E-state index contributed by atoms with van der Waals surface area (Å²) in [7, 11) is 0. The predicted molar refractivity (Wildman–Crippen MR) is 77.1 cm³/mol. The first-order valence-electron chi connectivity index (χ1n) is 6.24. The molecule has 1 heterocycles. The number of nitrogens with one attached hydrogen (secondary N) is 1. The molecule has 0 spiro atoms. The van der Waals surface area contributed by atoms with Gasteiger partial charge >= 0.3 is 12.0 Å². The largest absolute Gasteiger partial charge is 0.478 e. The van der Waals surface area contributed by atoms with Crippen LogP contribution < -0.4 is 5.32 Å². The molecule has 1 fully saturated rings. The Bertz CT molecular complexity index is 513. The van der Waals surface area contributed by atoms with Crippen LogP contribution in [-0.4, -0.2) is 48.3 Å².